The molecule has 1 N–H and O–H groups in total. The lowest BCUT2D eigenvalue weighted by Gasteiger charge is -2.24. The highest BCUT2D eigenvalue weighted by Crippen LogP contribution is 2.36. The van der Waals surface area contributed by atoms with Gasteiger partial charge in [0.05, 0.1) is 45.1 Å². The molecule has 0 atom stereocenters. The van der Waals surface area contributed by atoms with Crippen molar-refractivity contribution in [2.75, 3.05) is 23.7 Å². The molecule has 0 heterocycles. The summed E-state index contributed by atoms with van der Waals surface area (Å²) < 4.78 is 31.5. The maximum absolute atomic E-state index is 12.4. The molecular formula is C23H20Cl4N2O4S. The Balaban J connectivity index is 1.64. The first kappa shape index (κ1) is 26.4. The van der Waals surface area contributed by atoms with Gasteiger partial charge in [-0.15, -0.1) is 0 Å². The number of amides is 1. The van der Waals surface area contributed by atoms with Crippen molar-refractivity contribution in [2.24, 2.45) is 0 Å². The molecule has 180 valence electrons. The van der Waals surface area contributed by atoms with E-state index in [-0.39, 0.29) is 46.4 Å². The van der Waals surface area contributed by atoms with Crippen molar-refractivity contribution in [3.05, 3.63) is 91.9 Å². The summed E-state index contributed by atoms with van der Waals surface area (Å²) in [5.41, 5.74) is 1.27. The van der Waals surface area contributed by atoms with E-state index in [9.17, 15) is 13.2 Å². The number of nitrogens with zero attached hydrogens (tertiary/aromatic N) is 1. The summed E-state index contributed by atoms with van der Waals surface area (Å²) in [5, 5.41) is 3.80. The number of carbonyl (C=O) groups is 1. The van der Waals surface area contributed by atoms with E-state index in [4.69, 9.17) is 51.1 Å². The third kappa shape index (κ3) is 6.93. The molecule has 0 unspecified atom stereocenters. The normalized spacial score (nSPS) is 11.2. The molecule has 3 aromatic rings. The van der Waals surface area contributed by atoms with Gasteiger partial charge in [-0.25, -0.2) is 8.42 Å². The molecule has 11 heteroatoms. The van der Waals surface area contributed by atoms with Crippen molar-refractivity contribution >= 4 is 68.0 Å². The van der Waals surface area contributed by atoms with Crippen LogP contribution in [0.4, 0.5) is 5.69 Å². The van der Waals surface area contributed by atoms with E-state index in [1.807, 2.05) is 6.07 Å². The third-order valence-corrected chi connectivity index (χ3v) is 7.15. The van der Waals surface area contributed by atoms with Crippen molar-refractivity contribution in [2.45, 2.75) is 6.54 Å². The monoisotopic (exact) mass is 560 g/mol. The average Bonchev–Trinajstić information content (AvgIpc) is 2.78. The number of nitrogens with one attached hydrogen (secondary N) is 1. The van der Waals surface area contributed by atoms with Crippen LogP contribution in [0.2, 0.25) is 20.1 Å². The van der Waals surface area contributed by atoms with Gasteiger partial charge < -0.3 is 10.1 Å². The van der Waals surface area contributed by atoms with E-state index in [2.05, 4.69) is 5.32 Å². The molecule has 1 amide bonds. The van der Waals surface area contributed by atoms with Crippen LogP contribution in [-0.2, 0) is 16.6 Å². The first-order chi connectivity index (χ1) is 16.1. The zero-order valence-corrected chi connectivity index (χ0v) is 21.7. The number of benzene rings is 3. The third-order valence-electron chi connectivity index (χ3n) is 4.68. The molecule has 3 rings (SSSR count). The maximum atomic E-state index is 12.4. The van der Waals surface area contributed by atoms with E-state index in [1.165, 1.54) is 12.1 Å². The van der Waals surface area contributed by atoms with E-state index < -0.39 is 10.0 Å². The Morgan fingerprint density at radius 3 is 2.21 bits per heavy atom. The highest BCUT2D eigenvalue weighted by molar-refractivity contribution is 7.92. The molecule has 0 saturated carbocycles. The fraction of sp³-hybridized carbons (Fsp3) is 0.174. The molecule has 0 spiro atoms. The van der Waals surface area contributed by atoms with Crippen molar-refractivity contribution in [1.82, 2.24) is 5.32 Å². The van der Waals surface area contributed by atoms with Gasteiger partial charge in [0.2, 0.25) is 10.0 Å². The largest absolute Gasteiger partial charge is 0.490 e. The molecule has 0 bridgehead atoms. The molecule has 6 nitrogen and oxygen atoms in total. The summed E-state index contributed by atoms with van der Waals surface area (Å²) in [6.45, 7) is 0.523. The van der Waals surface area contributed by atoms with Gasteiger partial charge in [-0.1, -0.05) is 70.7 Å². The molecule has 0 aliphatic carbocycles. The van der Waals surface area contributed by atoms with Crippen molar-refractivity contribution in [1.29, 1.82) is 0 Å². The van der Waals surface area contributed by atoms with E-state index in [0.29, 0.717) is 21.9 Å². The van der Waals surface area contributed by atoms with Crippen LogP contribution in [0.1, 0.15) is 15.9 Å². The summed E-state index contributed by atoms with van der Waals surface area (Å²) >= 11 is 24.3. The van der Waals surface area contributed by atoms with Gasteiger partial charge in [-0.2, -0.15) is 0 Å². The minimum atomic E-state index is -3.69. The van der Waals surface area contributed by atoms with E-state index in [0.717, 1.165) is 10.6 Å². The van der Waals surface area contributed by atoms with E-state index in [1.54, 1.807) is 42.5 Å². The zero-order chi connectivity index (χ0) is 24.9. The Hall–Kier alpha value is -2.16. The Labute approximate surface area is 218 Å². The maximum Gasteiger partial charge on any atom is 0.251 e. The van der Waals surface area contributed by atoms with Crippen LogP contribution in [0.5, 0.6) is 5.75 Å². The molecule has 0 aromatic heterocycles. The number of hydrogen-bond donors (Lipinski definition) is 1. The average molecular weight is 562 g/mol. The summed E-state index contributed by atoms with van der Waals surface area (Å²) in [7, 11) is -3.69. The Kier molecular flexibility index (Phi) is 8.95. The first-order valence-electron chi connectivity index (χ1n) is 9.93. The molecule has 0 fully saturated rings. The second-order valence-corrected chi connectivity index (χ2v) is 10.8. The van der Waals surface area contributed by atoms with Crippen LogP contribution in [0, 0.1) is 0 Å². The summed E-state index contributed by atoms with van der Waals surface area (Å²) in [4.78, 5) is 12.4. The quantitative estimate of drug-likeness (QED) is 0.254. The van der Waals surface area contributed by atoms with Crippen molar-refractivity contribution < 1.29 is 17.9 Å². The number of para-hydroxylation sites is 1. The van der Waals surface area contributed by atoms with Gasteiger partial charge in [0.1, 0.15) is 12.4 Å². The van der Waals surface area contributed by atoms with Gasteiger partial charge in [0.25, 0.3) is 5.91 Å². The highest BCUT2D eigenvalue weighted by Gasteiger charge is 2.22. The van der Waals surface area contributed by atoms with Crippen molar-refractivity contribution in [3.8, 4) is 5.75 Å². The number of rotatable bonds is 9. The molecular weight excluding hydrogens is 542 g/mol. The lowest BCUT2D eigenvalue weighted by Crippen LogP contribution is -2.30. The topological polar surface area (TPSA) is 75.7 Å². The van der Waals surface area contributed by atoms with Crippen LogP contribution in [0.3, 0.4) is 0 Å². The minimum Gasteiger partial charge on any atom is -0.490 e. The lowest BCUT2D eigenvalue weighted by atomic mass is 10.1. The molecule has 0 saturated heterocycles. The molecule has 0 aliphatic heterocycles. The number of anilines is 1. The zero-order valence-electron chi connectivity index (χ0n) is 17.9. The lowest BCUT2D eigenvalue weighted by molar-refractivity contribution is 0.0947. The number of carbonyl (C=O) groups excluding carboxylic acids is 1. The molecule has 3 aromatic carbocycles. The second-order valence-electron chi connectivity index (χ2n) is 7.22. The Bertz CT molecular complexity index is 1280. The van der Waals surface area contributed by atoms with Crippen LogP contribution >= 0.6 is 46.4 Å². The Morgan fingerprint density at radius 2 is 1.56 bits per heavy atom. The van der Waals surface area contributed by atoms with Crippen molar-refractivity contribution in [3.63, 3.8) is 0 Å². The smallest absolute Gasteiger partial charge is 0.251 e. The number of halogens is 4. The SMILES string of the molecule is CS(=O)(=O)N(Cc1ccc(C(=O)NCCOc2ccccc2Cl)cc1)c1cc(Cl)c(Cl)cc1Cl. The summed E-state index contributed by atoms with van der Waals surface area (Å²) in [6.07, 6.45) is 1.07. The van der Waals surface area contributed by atoms with Crippen LogP contribution in [0.15, 0.2) is 60.7 Å². The van der Waals surface area contributed by atoms with Gasteiger partial charge in [0, 0.05) is 5.56 Å². The summed E-state index contributed by atoms with van der Waals surface area (Å²) in [5.74, 6) is 0.252. The van der Waals surface area contributed by atoms with Crippen LogP contribution < -0.4 is 14.4 Å². The standard InChI is InChI=1S/C23H20Cl4N2O4S/c1-34(31,32)29(21-13-19(26)18(25)12-20(21)27)14-15-6-8-16(9-7-15)23(30)28-10-11-33-22-5-3-2-4-17(22)24/h2-9,12-13H,10-11,14H2,1H3,(H,28,30). The highest BCUT2D eigenvalue weighted by atomic mass is 35.5. The number of sulfonamides is 1. The predicted octanol–water partition coefficient (Wildman–Crippen LogP) is 6.08. The Morgan fingerprint density at radius 1 is 0.912 bits per heavy atom. The van der Waals surface area contributed by atoms with E-state index >= 15 is 0 Å². The minimum absolute atomic E-state index is 0.00983. The fourth-order valence-corrected chi connectivity index (χ4v) is 4.78. The fourth-order valence-electron chi connectivity index (χ4n) is 3.00. The van der Waals surface area contributed by atoms with Gasteiger partial charge >= 0.3 is 0 Å². The van der Waals surface area contributed by atoms with Gasteiger partial charge in [-0.05, 0) is 42.0 Å². The van der Waals surface area contributed by atoms with Gasteiger partial charge in [0.15, 0.2) is 0 Å². The van der Waals surface area contributed by atoms with Gasteiger partial charge in [-0.3, -0.25) is 9.10 Å². The summed E-state index contributed by atoms with van der Waals surface area (Å²) in [6, 6.07) is 16.4. The molecule has 0 radical (unpaired) electrons. The predicted molar refractivity (Wildman–Crippen MR) is 138 cm³/mol. The first-order valence-corrected chi connectivity index (χ1v) is 13.3. The molecule has 0 aliphatic rings. The van der Waals surface area contributed by atoms with Crippen LogP contribution in [-0.4, -0.2) is 33.7 Å². The number of ether oxygens (including phenoxy) is 1. The molecule has 34 heavy (non-hydrogen) atoms. The second kappa shape index (κ2) is 11.5. The van der Waals surface area contributed by atoms with Crippen LogP contribution in [0.25, 0.3) is 0 Å². The number of hydrogen-bond acceptors (Lipinski definition) is 4.